The van der Waals surface area contributed by atoms with Crippen LogP contribution in [0.3, 0.4) is 0 Å². The molecule has 0 radical (unpaired) electrons. The summed E-state index contributed by atoms with van der Waals surface area (Å²) in [6.07, 6.45) is 5.96. The highest BCUT2D eigenvalue weighted by molar-refractivity contribution is 7.09. The normalized spacial score (nSPS) is 20.4. The summed E-state index contributed by atoms with van der Waals surface area (Å²) in [5, 5.41) is 6.29. The molecule has 1 aliphatic carbocycles. The Morgan fingerprint density at radius 2 is 2.08 bits per heavy atom. The Morgan fingerprint density at radius 3 is 2.79 bits per heavy atom. The average molecular weight is 342 g/mol. The van der Waals surface area contributed by atoms with Gasteiger partial charge in [0.25, 0.3) is 5.91 Å². The van der Waals surface area contributed by atoms with Crippen LogP contribution in [0.4, 0.5) is 0 Å². The number of thiazole rings is 1. The number of benzene rings is 1. The van der Waals surface area contributed by atoms with E-state index in [4.69, 9.17) is 4.74 Å². The van der Waals surface area contributed by atoms with Crippen LogP contribution in [-0.2, 0) is 11.0 Å². The van der Waals surface area contributed by atoms with Gasteiger partial charge in [-0.15, -0.1) is 11.3 Å². The molecular weight excluding hydrogens is 320 g/mol. The topological polar surface area (TPSA) is 51.2 Å². The lowest BCUT2D eigenvalue weighted by molar-refractivity contribution is 0.0894. The van der Waals surface area contributed by atoms with Gasteiger partial charge in [0, 0.05) is 22.6 Å². The molecule has 1 aromatic heterocycles. The summed E-state index contributed by atoms with van der Waals surface area (Å²) < 4.78 is 5.88. The number of aromatic nitrogens is 1. The number of fused-ring (bicyclic) bond motifs is 1. The first-order valence-electron chi connectivity index (χ1n) is 8.51. The number of carbonyl (C=O) groups is 1. The number of amides is 1. The van der Waals surface area contributed by atoms with E-state index in [9.17, 15) is 4.79 Å². The van der Waals surface area contributed by atoms with Crippen molar-refractivity contribution in [1.29, 1.82) is 0 Å². The fourth-order valence-corrected chi connectivity index (χ4v) is 4.70. The van der Waals surface area contributed by atoms with E-state index in [1.165, 1.54) is 0 Å². The SMILES string of the molecule is CC1(C)COc2c(C(=O)NC3(c4nccs4)CCCC3)cccc21. The van der Waals surface area contributed by atoms with Crippen molar-refractivity contribution in [3.05, 3.63) is 45.9 Å². The van der Waals surface area contributed by atoms with Crippen molar-refractivity contribution in [3.63, 3.8) is 0 Å². The maximum Gasteiger partial charge on any atom is 0.255 e. The number of carbonyl (C=O) groups excluding carboxylic acids is 1. The van der Waals surface area contributed by atoms with Gasteiger partial charge in [-0.05, 0) is 18.9 Å². The molecule has 2 aliphatic rings. The standard InChI is InChI=1S/C19H22N2O2S/c1-18(2)12-23-15-13(6-5-7-14(15)18)16(22)21-19(8-3-4-9-19)17-20-10-11-24-17/h5-7,10-11H,3-4,8-9,12H2,1-2H3,(H,21,22). The summed E-state index contributed by atoms with van der Waals surface area (Å²) in [4.78, 5) is 17.5. The summed E-state index contributed by atoms with van der Waals surface area (Å²) in [5.74, 6) is 0.689. The molecule has 2 aromatic rings. The second-order valence-corrected chi connectivity index (χ2v) is 8.33. The number of hydrogen-bond acceptors (Lipinski definition) is 4. The smallest absolute Gasteiger partial charge is 0.255 e. The Morgan fingerprint density at radius 1 is 1.29 bits per heavy atom. The van der Waals surface area contributed by atoms with E-state index >= 15 is 0 Å². The highest BCUT2D eigenvalue weighted by Gasteiger charge is 2.41. The Hall–Kier alpha value is -1.88. The van der Waals surface area contributed by atoms with E-state index in [1.807, 2.05) is 23.7 Å². The number of rotatable bonds is 3. The van der Waals surface area contributed by atoms with E-state index in [0.717, 1.165) is 42.0 Å². The molecule has 0 spiro atoms. The molecule has 126 valence electrons. The van der Waals surface area contributed by atoms with Gasteiger partial charge >= 0.3 is 0 Å². The Labute approximate surface area is 146 Å². The first-order chi connectivity index (χ1) is 11.5. The number of nitrogens with zero attached hydrogens (tertiary/aromatic N) is 1. The lowest BCUT2D eigenvalue weighted by atomic mass is 9.86. The largest absolute Gasteiger partial charge is 0.492 e. The molecule has 0 bridgehead atoms. The highest BCUT2D eigenvalue weighted by Crippen LogP contribution is 2.43. The number of para-hydroxylation sites is 1. The zero-order chi connectivity index (χ0) is 16.8. The van der Waals surface area contributed by atoms with E-state index in [-0.39, 0.29) is 16.9 Å². The molecule has 24 heavy (non-hydrogen) atoms. The number of ether oxygens (including phenoxy) is 1. The molecule has 0 atom stereocenters. The van der Waals surface area contributed by atoms with Crippen LogP contribution in [0.25, 0.3) is 0 Å². The molecule has 1 aromatic carbocycles. The molecule has 0 saturated heterocycles. The van der Waals surface area contributed by atoms with Crippen molar-refractivity contribution in [2.75, 3.05) is 6.61 Å². The molecule has 0 unspecified atom stereocenters. The van der Waals surface area contributed by atoms with Crippen molar-refractivity contribution in [2.45, 2.75) is 50.5 Å². The summed E-state index contributed by atoms with van der Waals surface area (Å²) in [6, 6.07) is 5.88. The van der Waals surface area contributed by atoms with Gasteiger partial charge in [-0.1, -0.05) is 38.8 Å². The number of nitrogens with one attached hydrogen (secondary N) is 1. The second-order valence-electron chi connectivity index (χ2n) is 7.44. The molecular formula is C19H22N2O2S. The highest BCUT2D eigenvalue weighted by atomic mass is 32.1. The molecule has 5 heteroatoms. The molecule has 2 heterocycles. The molecule has 1 amide bonds. The van der Waals surface area contributed by atoms with Gasteiger partial charge in [0.1, 0.15) is 10.8 Å². The van der Waals surface area contributed by atoms with Crippen molar-refractivity contribution in [2.24, 2.45) is 0 Å². The third-order valence-electron chi connectivity index (χ3n) is 5.22. The van der Waals surface area contributed by atoms with Crippen LogP contribution in [0, 0.1) is 0 Å². The summed E-state index contributed by atoms with van der Waals surface area (Å²) >= 11 is 1.62. The first-order valence-corrected chi connectivity index (χ1v) is 9.39. The summed E-state index contributed by atoms with van der Waals surface area (Å²) in [7, 11) is 0. The molecule has 4 nitrogen and oxygen atoms in total. The molecule has 1 aliphatic heterocycles. The summed E-state index contributed by atoms with van der Waals surface area (Å²) in [6.45, 7) is 4.91. The van der Waals surface area contributed by atoms with Gasteiger partial charge in [0.05, 0.1) is 17.7 Å². The van der Waals surface area contributed by atoms with Crippen LogP contribution in [0.2, 0.25) is 0 Å². The lowest BCUT2D eigenvalue weighted by Crippen LogP contribution is -2.43. The maximum absolute atomic E-state index is 13.1. The minimum Gasteiger partial charge on any atom is -0.492 e. The minimum atomic E-state index is -0.317. The molecule has 1 saturated carbocycles. The van der Waals surface area contributed by atoms with Crippen LogP contribution in [-0.4, -0.2) is 17.5 Å². The van der Waals surface area contributed by atoms with Crippen LogP contribution in [0.1, 0.15) is 60.5 Å². The minimum absolute atomic E-state index is 0.0496. The van der Waals surface area contributed by atoms with Gasteiger partial charge < -0.3 is 10.1 Å². The predicted octanol–water partition coefficient (Wildman–Crippen LogP) is 4.01. The summed E-state index contributed by atoms with van der Waals surface area (Å²) in [5.41, 5.74) is 1.39. The second kappa shape index (κ2) is 5.59. The Kier molecular flexibility index (Phi) is 3.64. The molecule has 4 rings (SSSR count). The van der Waals surface area contributed by atoms with Crippen molar-refractivity contribution in [3.8, 4) is 5.75 Å². The van der Waals surface area contributed by atoms with Crippen molar-refractivity contribution >= 4 is 17.2 Å². The van der Waals surface area contributed by atoms with E-state index < -0.39 is 0 Å². The van der Waals surface area contributed by atoms with Crippen molar-refractivity contribution < 1.29 is 9.53 Å². The zero-order valence-electron chi connectivity index (χ0n) is 14.1. The van der Waals surface area contributed by atoms with Gasteiger partial charge in [-0.2, -0.15) is 0 Å². The van der Waals surface area contributed by atoms with E-state index in [1.54, 1.807) is 11.3 Å². The van der Waals surface area contributed by atoms with Gasteiger partial charge in [-0.3, -0.25) is 4.79 Å². The van der Waals surface area contributed by atoms with E-state index in [2.05, 4.69) is 30.2 Å². The molecule has 1 N–H and O–H groups in total. The Bertz CT molecular complexity index is 762. The van der Waals surface area contributed by atoms with Gasteiger partial charge in [-0.25, -0.2) is 4.98 Å². The first kappa shape index (κ1) is 15.6. The monoisotopic (exact) mass is 342 g/mol. The van der Waals surface area contributed by atoms with Crippen LogP contribution < -0.4 is 10.1 Å². The fourth-order valence-electron chi connectivity index (χ4n) is 3.85. The van der Waals surface area contributed by atoms with Crippen LogP contribution in [0.5, 0.6) is 5.75 Å². The Balaban J connectivity index is 1.67. The maximum atomic E-state index is 13.1. The lowest BCUT2D eigenvalue weighted by Gasteiger charge is -2.28. The quantitative estimate of drug-likeness (QED) is 0.917. The van der Waals surface area contributed by atoms with Gasteiger partial charge in [0.2, 0.25) is 0 Å². The van der Waals surface area contributed by atoms with Gasteiger partial charge in [0.15, 0.2) is 0 Å². The fraction of sp³-hybridized carbons (Fsp3) is 0.474. The predicted molar refractivity (Wildman–Crippen MR) is 94.7 cm³/mol. The van der Waals surface area contributed by atoms with Crippen LogP contribution in [0.15, 0.2) is 29.8 Å². The third-order valence-corrected chi connectivity index (χ3v) is 6.19. The van der Waals surface area contributed by atoms with Crippen molar-refractivity contribution in [1.82, 2.24) is 10.3 Å². The molecule has 1 fully saturated rings. The number of hydrogen-bond donors (Lipinski definition) is 1. The van der Waals surface area contributed by atoms with Crippen LogP contribution >= 0.6 is 11.3 Å². The zero-order valence-corrected chi connectivity index (χ0v) is 14.9. The third kappa shape index (κ3) is 2.42. The average Bonchev–Trinajstić information content (AvgIpc) is 3.28. The van der Waals surface area contributed by atoms with E-state index in [0.29, 0.717) is 12.2 Å².